The van der Waals surface area contributed by atoms with Gasteiger partial charge >= 0.3 is 0 Å². The zero-order valence-electron chi connectivity index (χ0n) is 11.4. The van der Waals surface area contributed by atoms with E-state index in [1.807, 2.05) is 6.92 Å². The molecule has 7 heteroatoms. The third-order valence-electron chi connectivity index (χ3n) is 3.09. The standard InChI is InChI=1S/C14H14ClFN2O2S/c1-8-5-13(17)14(6-9(8)2)21(19,20)18-10-3-4-11(15)12(16)7-10/h3-7,18H,17H2,1-2H3. The molecule has 3 N–H and O–H groups in total. The van der Waals surface area contributed by atoms with E-state index in [9.17, 15) is 12.8 Å². The highest BCUT2D eigenvalue weighted by Gasteiger charge is 2.19. The van der Waals surface area contributed by atoms with Gasteiger partial charge in [0.2, 0.25) is 0 Å². The molecule has 0 atom stereocenters. The summed E-state index contributed by atoms with van der Waals surface area (Å²) in [6, 6.07) is 6.74. The third-order valence-corrected chi connectivity index (χ3v) is 4.83. The summed E-state index contributed by atoms with van der Waals surface area (Å²) in [7, 11) is -3.90. The molecule has 2 rings (SSSR count). The first-order valence-electron chi connectivity index (χ1n) is 6.05. The van der Waals surface area contributed by atoms with Gasteiger partial charge in [-0.1, -0.05) is 11.6 Å². The van der Waals surface area contributed by atoms with Crippen LogP contribution in [0.3, 0.4) is 0 Å². The fourth-order valence-electron chi connectivity index (χ4n) is 1.81. The molecule has 0 aliphatic carbocycles. The summed E-state index contributed by atoms with van der Waals surface area (Å²) in [5.74, 6) is -0.704. The van der Waals surface area contributed by atoms with Crippen LogP contribution in [-0.2, 0) is 10.0 Å². The molecule has 0 fully saturated rings. The van der Waals surface area contributed by atoms with Crippen molar-refractivity contribution in [3.05, 3.63) is 52.3 Å². The van der Waals surface area contributed by atoms with Crippen molar-refractivity contribution in [2.24, 2.45) is 0 Å². The SMILES string of the molecule is Cc1cc(N)c(S(=O)(=O)Nc2ccc(Cl)c(F)c2)cc1C. The second-order valence-corrected chi connectivity index (χ2v) is 6.77. The average molecular weight is 329 g/mol. The van der Waals surface area contributed by atoms with E-state index >= 15 is 0 Å². The predicted molar refractivity (Wildman–Crippen MR) is 82.5 cm³/mol. The van der Waals surface area contributed by atoms with Gasteiger partial charge in [-0.25, -0.2) is 12.8 Å². The highest BCUT2D eigenvalue weighted by molar-refractivity contribution is 7.92. The lowest BCUT2D eigenvalue weighted by Gasteiger charge is -2.12. The van der Waals surface area contributed by atoms with E-state index in [-0.39, 0.29) is 21.3 Å². The maximum atomic E-state index is 13.4. The Kier molecular flexibility index (Phi) is 4.11. The number of nitrogens with one attached hydrogen (secondary N) is 1. The van der Waals surface area contributed by atoms with Crippen molar-refractivity contribution in [1.29, 1.82) is 0 Å². The minimum Gasteiger partial charge on any atom is -0.398 e. The minimum atomic E-state index is -3.90. The van der Waals surface area contributed by atoms with Crippen molar-refractivity contribution in [2.45, 2.75) is 18.7 Å². The van der Waals surface area contributed by atoms with Gasteiger partial charge < -0.3 is 5.73 Å². The summed E-state index contributed by atoms with van der Waals surface area (Å²) in [5, 5.41) is -0.0800. The van der Waals surface area contributed by atoms with Gasteiger partial charge in [0.1, 0.15) is 10.7 Å². The van der Waals surface area contributed by atoms with E-state index in [1.54, 1.807) is 13.0 Å². The van der Waals surface area contributed by atoms with Crippen LogP contribution >= 0.6 is 11.6 Å². The van der Waals surface area contributed by atoms with Crippen LogP contribution in [0.1, 0.15) is 11.1 Å². The van der Waals surface area contributed by atoms with E-state index in [4.69, 9.17) is 17.3 Å². The van der Waals surface area contributed by atoms with Crippen LogP contribution in [-0.4, -0.2) is 8.42 Å². The van der Waals surface area contributed by atoms with Crippen molar-refractivity contribution in [1.82, 2.24) is 0 Å². The van der Waals surface area contributed by atoms with E-state index in [0.717, 1.165) is 17.2 Å². The van der Waals surface area contributed by atoms with Gasteiger partial charge in [-0.2, -0.15) is 0 Å². The monoisotopic (exact) mass is 328 g/mol. The zero-order valence-corrected chi connectivity index (χ0v) is 13.0. The van der Waals surface area contributed by atoms with Crippen molar-refractivity contribution in [2.75, 3.05) is 10.5 Å². The van der Waals surface area contributed by atoms with Crippen LogP contribution in [0.2, 0.25) is 5.02 Å². The number of nitrogens with two attached hydrogens (primary N) is 1. The van der Waals surface area contributed by atoms with Crippen LogP contribution in [0.25, 0.3) is 0 Å². The van der Waals surface area contributed by atoms with Crippen LogP contribution in [0, 0.1) is 19.7 Å². The number of sulfonamides is 1. The molecule has 2 aromatic rings. The first-order valence-corrected chi connectivity index (χ1v) is 7.91. The summed E-state index contributed by atoms with van der Waals surface area (Å²) in [6.45, 7) is 3.62. The van der Waals surface area contributed by atoms with Crippen molar-refractivity contribution in [3.63, 3.8) is 0 Å². The molecule has 0 bridgehead atoms. The van der Waals surface area contributed by atoms with Gasteiger partial charge in [-0.05, 0) is 55.3 Å². The number of nitrogen functional groups attached to an aromatic ring is 1. The van der Waals surface area contributed by atoms with Gasteiger partial charge in [0.05, 0.1) is 16.4 Å². The Hall–Kier alpha value is -1.79. The van der Waals surface area contributed by atoms with Crippen molar-refractivity contribution < 1.29 is 12.8 Å². The van der Waals surface area contributed by atoms with Gasteiger partial charge in [0.25, 0.3) is 10.0 Å². The summed E-state index contributed by atoms with van der Waals surface area (Å²) in [4.78, 5) is -0.0408. The number of rotatable bonds is 3. The topological polar surface area (TPSA) is 72.2 Å². The second-order valence-electron chi connectivity index (χ2n) is 4.71. The summed E-state index contributed by atoms with van der Waals surface area (Å²) in [5.41, 5.74) is 7.68. The average Bonchev–Trinajstić information content (AvgIpc) is 2.37. The third kappa shape index (κ3) is 3.28. The van der Waals surface area contributed by atoms with Crippen molar-refractivity contribution >= 4 is 33.0 Å². The summed E-state index contributed by atoms with van der Waals surface area (Å²) < 4.78 is 40.3. The molecule has 0 heterocycles. The fourth-order valence-corrected chi connectivity index (χ4v) is 3.18. The molecular formula is C14H14ClFN2O2S. The van der Waals surface area contributed by atoms with Gasteiger partial charge in [0.15, 0.2) is 0 Å². The van der Waals surface area contributed by atoms with E-state index in [0.29, 0.717) is 0 Å². The molecule has 0 aromatic heterocycles. The highest BCUT2D eigenvalue weighted by atomic mass is 35.5. The number of aryl methyl sites for hydroxylation is 2. The first-order chi connectivity index (χ1) is 9.70. The first kappa shape index (κ1) is 15.6. The minimum absolute atomic E-state index is 0.0408. The molecule has 0 unspecified atom stereocenters. The van der Waals surface area contributed by atoms with Crippen molar-refractivity contribution in [3.8, 4) is 0 Å². The van der Waals surface area contributed by atoms with Gasteiger partial charge in [0, 0.05) is 0 Å². The molecule has 0 saturated heterocycles. The molecule has 112 valence electrons. The van der Waals surface area contributed by atoms with E-state index in [1.165, 1.54) is 18.2 Å². The predicted octanol–water partition coefficient (Wildman–Crippen LogP) is 3.48. The Morgan fingerprint density at radius 1 is 1.14 bits per heavy atom. The molecule has 0 aliphatic heterocycles. The maximum Gasteiger partial charge on any atom is 0.263 e. The fraction of sp³-hybridized carbons (Fsp3) is 0.143. The summed E-state index contributed by atoms with van der Waals surface area (Å²) in [6.07, 6.45) is 0. The Bertz CT molecular complexity index is 807. The lowest BCUT2D eigenvalue weighted by Crippen LogP contribution is -2.15. The zero-order chi connectivity index (χ0) is 15.8. The summed E-state index contributed by atoms with van der Waals surface area (Å²) >= 11 is 5.56. The van der Waals surface area contributed by atoms with Crippen LogP contribution in [0.15, 0.2) is 35.2 Å². The normalized spacial score (nSPS) is 11.4. The van der Waals surface area contributed by atoms with Crippen LogP contribution < -0.4 is 10.5 Å². The molecule has 2 aromatic carbocycles. The second kappa shape index (κ2) is 5.54. The Balaban J connectivity index is 2.43. The number of hydrogen-bond acceptors (Lipinski definition) is 3. The molecule has 0 amide bonds. The molecule has 0 aliphatic rings. The lowest BCUT2D eigenvalue weighted by atomic mass is 10.1. The Labute approximate surface area is 127 Å². The van der Waals surface area contributed by atoms with Crippen LogP contribution in [0.5, 0.6) is 0 Å². The Morgan fingerprint density at radius 3 is 2.38 bits per heavy atom. The smallest absolute Gasteiger partial charge is 0.263 e. The molecule has 4 nitrogen and oxygen atoms in total. The highest BCUT2D eigenvalue weighted by Crippen LogP contribution is 2.26. The number of anilines is 2. The maximum absolute atomic E-state index is 13.4. The number of halogens is 2. The lowest BCUT2D eigenvalue weighted by molar-refractivity contribution is 0.601. The Morgan fingerprint density at radius 2 is 1.76 bits per heavy atom. The number of benzene rings is 2. The largest absolute Gasteiger partial charge is 0.398 e. The molecule has 0 saturated carbocycles. The van der Waals surface area contributed by atoms with Gasteiger partial charge in [-0.3, -0.25) is 4.72 Å². The molecule has 0 spiro atoms. The quantitative estimate of drug-likeness (QED) is 0.847. The molecule has 0 radical (unpaired) electrons. The van der Waals surface area contributed by atoms with E-state index in [2.05, 4.69) is 4.72 Å². The van der Waals surface area contributed by atoms with E-state index < -0.39 is 15.8 Å². The molecular weight excluding hydrogens is 315 g/mol. The van der Waals surface area contributed by atoms with Crippen LogP contribution in [0.4, 0.5) is 15.8 Å². The van der Waals surface area contributed by atoms with Gasteiger partial charge in [-0.15, -0.1) is 0 Å². The molecule has 21 heavy (non-hydrogen) atoms. The number of hydrogen-bond donors (Lipinski definition) is 2.